The van der Waals surface area contributed by atoms with Crippen LogP contribution in [-0.2, 0) is 6.42 Å². The van der Waals surface area contributed by atoms with E-state index in [-0.39, 0.29) is 0 Å². The molecule has 3 rings (SSSR count). The van der Waals surface area contributed by atoms with Crippen molar-refractivity contribution < 1.29 is 0 Å². The first-order valence-corrected chi connectivity index (χ1v) is 8.43. The summed E-state index contributed by atoms with van der Waals surface area (Å²) in [6.45, 7) is 2.25. The molecule has 0 aliphatic heterocycles. The molecule has 1 fully saturated rings. The summed E-state index contributed by atoms with van der Waals surface area (Å²) in [7, 11) is 2.02. The van der Waals surface area contributed by atoms with Gasteiger partial charge in [0.2, 0.25) is 0 Å². The van der Waals surface area contributed by atoms with Gasteiger partial charge in [0.25, 0.3) is 0 Å². The number of nitrogens with zero attached hydrogens (tertiary/aromatic N) is 1. The molecule has 2 nitrogen and oxygen atoms in total. The molecule has 1 heterocycles. The number of anilines is 1. The minimum atomic E-state index is 0.668. The first kappa shape index (κ1) is 14.4. The van der Waals surface area contributed by atoms with Gasteiger partial charge in [-0.05, 0) is 49.4 Å². The molecule has 0 radical (unpaired) electrons. The van der Waals surface area contributed by atoms with E-state index in [9.17, 15) is 0 Å². The van der Waals surface area contributed by atoms with Crippen molar-refractivity contribution in [3.05, 3.63) is 35.5 Å². The highest BCUT2D eigenvalue weighted by Crippen LogP contribution is 2.36. The fraction of sp³-hybridized carbons (Fsp3) is 0.526. The predicted octanol–water partition coefficient (Wildman–Crippen LogP) is 5.28. The van der Waals surface area contributed by atoms with Gasteiger partial charge in [-0.3, -0.25) is 4.98 Å². The highest BCUT2D eigenvalue weighted by molar-refractivity contribution is 5.92. The molecule has 0 bridgehead atoms. The van der Waals surface area contributed by atoms with E-state index in [0.717, 1.165) is 5.52 Å². The van der Waals surface area contributed by atoms with Gasteiger partial charge < -0.3 is 5.32 Å². The number of hydrogen-bond acceptors (Lipinski definition) is 2. The average molecular weight is 282 g/mol. The van der Waals surface area contributed by atoms with Crippen LogP contribution in [0.3, 0.4) is 0 Å². The Balaban J connectivity index is 2.00. The van der Waals surface area contributed by atoms with Crippen LogP contribution in [0.5, 0.6) is 0 Å². The number of pyridine rings is 1. The van der Waals surface area contributed by atoms with Crippen LogP contribution in [0.15, 0.2) is 24.3 Å². The Bertz CT molecular complexity index is 612. The fourth-order valence-corrected chi connectivity index (χ4v) is 3.47. The molecule has 0 saturated heterocycles. The lowest BCUT2D eigenvalue weighted by atomic mass is 9.99. The van der Waals surface area contributed by atoms with Crippen molar-refractivity contribution in [2.24, 2.45) is 0 Å². The maximum absolute atomic E-state index is 4.95. The van der Waals surface area contributed by atoms with Gasteiger partial charge in [-0.2, -0.15) is 0 Å². The van der Waals surface area contributed by atoms with Gasteiger partial charge in [-0.1, -0.05) is 32.3 Å². The molecule has 2 aromatic rings. The van der Waals surface area contributed by atoms with E-state index in [4.69, 9.17) is 4.98 Å². The third kappa shape index (κ3) is 3.04. The van der Waals surface area contributed by atoms with Gasteiger partial charge in [-0.25, -0.2) is 0 Å². The van der Waals surface area contributed by atoms with Crippen molar-refractivity contribution in [1.82, 2.24) is 4.98 Å². The fourth-order valence-electron chi connectivity index (χ4n) is 3.47. The van der Waals surface area contributed by atoms with Gasteiger partial charge in [0.05, 0.1) is 5.52 Å². The van der Waals surface area contributed by atoms with Crippen LogP contribution >= 0.6 is 0 Å². The number of fused-ring (bicyclic) bond motifs is 1. The quantitative estimate of drug-likeness (QED) is 0.807. The number of rotatable bonds is 5. The summed E-state index contributed by atoms with van der Waals surface area (Å²) in [4.78, 5) is 4.95. The minimum absolute atomic E-state index is 0.668. The molecule has 1 saturated carbocycles. The second kappa shape index (κ2) is 6.46. The lowest BCUT2D eigenvalue weighted by molar-refractivity contribution is 0.701. The molecule has 0 atom stereocenters. The van der Waals surface area contributed by atoms with Crippen molar-refractivity contribution in [2.75, 3.05) is 12.4 Å². The van der Waals surface area contributed by atoms with Crippen LogP contribution < -0.4 is 5.32 Å². The van der Waals surface area contributed by atoms with Crippen LogP contribution in [-0.4, -0.2) is 12.0 Å². The van der Waals surface area contributed by atoms with Crippen LogP contribution in [0.25, 0.3) is 10.9 Å². The molecule has 21 heavy (non-hydrogen) atoms. The predicted molar refractivity (Wildman–Crippen MR) is 91.1 cm³/mol. The zero-order valence-electron chi connectivity index (χ0n) is 13.3. The van der Waals surface area contributed by atoms with Gasteiger partial charge in [0, 0.05) is 29.7 Å². The zero-order valence-corrected chi connectivity index (χ0v) is 13.3. The molecule has 0 unspecified atom stereocenters. The Morgan fingerprint density at radius 2 is 2.00 bits per heavy atom. The van der Waals surface area contributed by atoms with E-state index >= 15 is 0 Å². The zero-order chi connectivity index (χ0) is 14.7. The Morgan fingerprint density at radius 3 is 2.71 bits per heavy atom. The first-order chi connectivity index (χ1) is 10.3. The number of aromatic nitrogens is 1. The average Bonchev–Trinajstić information content (AvgIpc) is 3.06. The van der Waals surface area contributed by atoms with Gasteiger partial charge in [-0.15, -0.1) is 0 Å². The Labute approximate surface area is 128 Å². The van der Waals surface area contributed by atoms with Crippen LogP contribution in [0.1, 0.15) is 62.6 Å². The highest BCUT2D eigenvalue weighted by atomic mass is 14.8. The molecule has 1 aromatic carbocycles. The summed E-state index contributed by atoms with van der Waals surface area (Å²) in [5.74, 6) is 0.668. The minimum Gasteiger partial charge on any atom is -0.388 e. The van der Waals surface area contributed by atoms with Crippen LogP contribution in [0.4, 0.5) is 5.69 Å². The van der Waals surface area contributed by atoms with Crippen LogP contribution in [0.2, 0.25) is 0 Å². The third-order valence-electron chi connectivity index (χ3n) is 4.75. The topological polar surface area (TPSA) is 24.9 Å². The summed E-state index contributed by atoms with van der Waals surface area (Å²) in [6.07, 6.45) is 8.99. The first-order valence-electron chi connectivity index (χ1n) is 8.43. The SMILES string of the molecule is CCCCc1ccc2nc(C3CCCC3)cc(NC)c2c1. The summed E-state index contributed by atoms with van der Waals surface area (Å²) in [6, 6.07) is 9.06. The second-order valence-corrected chi connectivity index (χ2v) is 6.28. The van der Waals surface area contributed by atoms with Crippen molar-refractivity contribution in [3.63, 3.8) is 0 Å². The largest absolute Gasteiger partial charge is 0.388 e. The standard InChI is InChI=1S/C19H26N2/c1-3-4-7-14-10-11-17-16(12-14)19(20-2)13-18(21-17)15-8-5-6-9-15/h10-13,15H,3-9H2,1-2H3,(H,20,21). The Hall–Kier alpha value is -1.57. The molecule has 1 aromatic heterocycles. The Morgan fingerprint density at radius 1 is 1.19 bits per heavy atom. The smallest absolute Gasteiger partial charge is 0.0726 e. The summed E-state index contributed by atoms with van der Waals surface area (Å²) in [5, 5.41) is 4.65. The van der Waals surface area contributed by atoms with Gasteiger partial charge in [0.15, 0.2) is 0 Å². The van der Waals surface area contributed by atoms with E-state index in [1.807, 2.05) is 7.05 Å². The third-order valence-corrected chi connectivity index (χ3v) is 4.75. The molecule has 1 aliphatic carbocycles. The number of nitrogens with one attached hydrogen (secondary N) is 1. The molecule has 0 amide bonds. The van der Waals surface area contributed by atoms with Crippen molar-refractivity contribution in [1.29, 1.82) is 0 Å². The normalized spacial score (nSPS) is 15.7. The van der Waals surface area contributed by atoms with Gasteiger partial charge >= 0.3 is 0 Å². The Kier molecular flexibility index (Phi) is 4.42. The van der Waals surface area contributed by atoms with E-state index < -0.39 is 0 Å². The molecular formula is C19H26N2. The highest BCUT2D eigenvalue weighted by Gasteiger charge is 2.19. The molecule has 1 N–H and O–H groups in total. The molecule has 1 aliphatic rings. The van der Waals surface area contributed by atoms with Crippen molar-refractivity contribution >= 4 is 16.6 Å². The van der Waals surface area contributed by atoms with E-state index in [0.29, 0.717) is 5.92 Å². The lowest BCUT2D eigenvalue weighted by Gasteiger charge is -2.14. The van der Waals surface area contributed by atoms with E-state index in [2.05, 4.69) is 36.5 Å². The number of unbranched alkanes of at least 4 members (excludes halogenated alkanes) is 1. The summed E-state index contributed by atoms with van der Waals surface area (Å²) >= 11 is 0. The van der Waals surface area contributed by atoms with Gasteiger partial charge in [0.1, 0.15) is 0 Å². The molecular weight excluding hydrogens is 256 g/mol. The maximum Gasteiger partial charge on any atom is 0.0726 e. The monoisotopic (exact) mass is 282 g/mol. The summed E-state index contributed by atoms with van der Waals surface area (Å²) < 4.78 is 0. The molecule has 112 valence electrons. The van der Waals surface area contributed by atoms with Crippen molar-refractivity contribution in [3.8, 4) is 0 Å². The molecule has 0 spiro atoms. The van der Waals surface area contributed by atoms with E-state index in [1.165, 1.54) is 67.3 Å². The maximum atomic E-state index is 4.95. The molecule has 2 heteroatoms. The van der Waals surface area contributed by atoms with E-state index in [1.54, 1.807) is 0 Å². The lowest BCUT2D eigenvalue weighted by Crippen LogP contribution is -2.01. The number of aryl methyl sites for hydroxylation is 1. The number of hydrogen-bond donors (Lipinski definition) is 1. The number of benzene rings is 1. The second-order valence-electron chi connectivity index (χ2n) is 6.28. The summed E-state index contributed by atoms with van der Waals surface area (Å²) in [5.41, 5.74) is 5.09. The van der Waals surface area contributed by atoms with Crippen LogP contribution in [0, 0.1) is 0 Å². The van der Waals surface area contributed by atoms with Crippen molar-refractivity contribution in [2.45, 2.75) is 57.8 Å².